The molecule has 5 aromatic rings. The Kier molecular flexibility index (Phi) is 3.28. The third kappa shape index (κ3) is 2.35. The topological polar surface area (TPSA) is 51.8 Å². The van der Waals surface area contributed by atoms with Crippen molar-refractivity contribution in [3.63, 3.8) is 0 Å². The predicted molar refractivity (Wildman–Crippen MR) is 103 cm³/mol. The van der Waals surface area contributed by atoms with E-state index >= 15 is 0 Å². The van der Waals surface area contributed by atoms with E-state index in [2.05, 4.69) is 33.2 Å². The van der Waals surface area contributed by atoms with E-state index in [0.29, 0.717) is 5.71 Å². The molecular formula is C22H15N3O. The summed E-state index contributed by atoms with van der Waals surface area (Å²) in [5.41, 5.74) is 6.44. The first-order valence-electron chi connectivity index (χ1n) is 8.44. The maximum atomic E-state index is 6.08. The number of hydrogen-bond donors (Lipinski definition) is 0. The lowest BCUT2D eigenvalue weighted by Crippen LogP contribution is -1.86. The second-order valence-electron chi connectivity index (χ2n) is 6.33. The highest BCUT2D eigenvalue weighted by Crippen LogP contribution is 2.35. The van der Waals surface area contributed by atoms with Gasteiger partial charge in [0.25, 0.3) is 0 Å². The molecule has 0 spiro atoms. The molecule has 0 amide bonds. The molecule has 0 aliphatic carbocycles. The van der Waals surface area contributed by atoms with Crippen LogP contribution < -0.4 is 0 Å². The Morgan fingerprint density at radius 1 is 0.808 bits per heavy atom. The van der Waals surface area contributed by atoms with Crippen molar-refractivity contribution in [3.8, 4) is 22.4 Å². The number of furan rings is 1. The molecule has 0 fully saturated rings. The summed E-state index contributed by atoms with van der Waals surface area (Å²) in [6.45, 7) is 2.05. The van der Waals surface area contributed by atoms with Crippen molar-refractivity contribution < 1.29 is 4.42 Å². The van der Waals surface area contributed by atoms with Crippen LogP contribution in [-0.2, 0) is 0 Å². The summed E-state index contributed by atoms with van der Waals surface area (Å²) in [7, 11) is 0. The summed E-state index contributed by atoms with van der Waals surface area (Å²) in [6.07, 6.45) is 7.28. The number of nitrogens with zero attached hydrogens (tertiary/aromatic N) is 3. The van der Waals surface area contributed by atoms with E-state index in [4.69, 9.17) is 4.42 Å². The Morgan fingerprint density at radius 2 is 1.69 bits per heavy atom. The Labute approximate surface area is 150 Å². The van der Waals surface area contributed by atoms with E-state index in [1.807, 2.05) is 49.6 Å². The van der Waals surface area contributed by atoms with Crippen molar-refractivity contribution >= 4 is 22.1 Å². The highest BCUT2D eigenvalue weighted by Gasteiger charge is 2.15. The van der Waals surface area contributed by atoms with E-state index in [1.54, 1.807) is 12.4 Å². The molecule has 0 unspecified atom stereocenters. The van der Waals surface area contributed by atoms with Crippen molar-refractivity contribution in [1.82, 2.24) is 15.0 Å². The zero-order valence-electron chi connectivity index (χ0n) is 14.2. The largest absolute Gasteiger partial charge is 0.437 e. The minimum absolute atomic E-state index is 0.613. The zero-order valence-corrected chi connectivity index (χ0v) is 14.2. The number of hydrogen-bond acceptors (Lipinski definition) is 4. The van der Waals surface area contributed by atoms with Crippen LogP contribution in [0.5, 0.6) is 0 Å². The molecule has 0 aliphatic heterocycles. The number of fused-ring (bicyclic) bond motifs is 3. The van der Waals surface area contributed by atoms with Gasteiger partial charge in [0.2, 0.25) is 5.71 Å². The first kappa shape index (κ1) is 14.8. The summed E-state index contributed by atoms with van der Waals surface area (Å²) in [5, 5.41) is 1.91. The summed E-state index contributed by atoms with van der Waals surface area (Å²) < 4.78 is 6.08. The maximum absolute atomic E-state index is 6.08. The van der Waals surface area contributed by atoms with Crippen molar-refractivity contribution in [2.45, 2.75) is 6.92 Å². The van der Waals surface area contributed by atoms with Gasteiger partial charge in [-0.3, -0.25) is 9.97 Å². The smallest absolute Gasteiger partial charge is 0.227 e. The van der Waals surface area contributed by atoms with Crippen molar-refractivity contribution in [1.29, 1.82) is 0 Å². The average molecular weight is 337 g/mol. The molecule has 4 heteroatoms. The number of aromatic nitrogens is 3. The SMILES string of the molecule is Cc1ccnc(-c2cncc3c2oc2ncc(-c4ccccc4)cc23)c1. The molecule has 124 valence electrons. The van der Waals surface area contributed by atoms with E-state index in [-0.39, 0.29) is 0 Å². The highest BCUT2D eigenvalue weighted by atomic mass is 16.3. The summed E-state index contributed by atoms with van der Waals surface area (Å²) >= 11 is 0. The summed E-state index contributed by atoms with van der Waals surface area (Å²) in [6, 6.07) is 16.3. The first-order valence-corrected chi connectivity index (χ1v) is 8.44. The standard InChI is InChI=1S/C22H15N3O/c1-14-7-8-24-20(9-14)19-13-23-12-18-17-10-16(15-5-3-2-4-6-15)11-25-22(17)26-21(18)19/h2-13H,1H3. The summed E-state index contributed by atoms with van der Waals surface area (Å²) in [5.74, 6) is 0. The lowest BCUT2D eigenvalue weighted by atomic mass is 10.1. The van der Waals surface area contributed by atoms with Gasteiger partial charge in [-0.25, -0.2) is 4.98 Å². The van der Waals surface area contributed by atoms with E-state index < -0.39 is 0 Å². The number of pyridine rings is 3. The van der Waals surface area contributed by atoms with Gasteiger partial charge in [-0.2, -0.15) is 0 Å². The Bertz CT molecular complexity index is 1240. The van der Waals surface area contributed by atoms with Crippen LogP contribution in [0.3, 0.4) is 0 Å². The average Bonchev–Trinajstić information content (AvgIpc) is 3.06. The second-order valence-corrected chi connectivity index (χ2v) is 6.33. The maximum Gasteiger partial charge on any atom is 0.227 e. The number of rotatable bonds is 2. The molecule has 0 saturated carbocycles. The molecule has 4 aromatic heterocycles. The summed E-state index contributed by atoms with van der Waals surface area (Å²) in [4.78, 5) is 13.4. The van der Waals surface area contributed by atoms with Gasteiger partial charge < -0.3 is 4.42 Å². The monoisotopic (exact) mass is 337 g/mol. The van der Waals surface area contributed by atoms with E-state index in [1.165, 1.54) is 0 Å². The van der Waals surface area contributed by atoms with E-state index in [0.717, 1.165) is 44.3 Å². The normalized spacial score (nSPS) is 11.3. The minimum atomic E-state index is 0.613. The van der Waals surface area contributed by atoms with Crippen LogP contribution in [0.2, 0.25) is 0 Å². The van der Waals surface area contributed by atoms with Crippen LogP contribution in [0, 0.1) is 6.92 Å². The van der Waals surface area contributed by atoms with Gasteiger partial charge in [-0.15, -0.1) is 0 Å². The molecule has 4 heterocycles. The molecule has 5 rings (SSSR count). The molecule has 4 nitrogen and oxygen atoms in total. The van der Waals surface area contributed by atoms with Gasteiger partial charge in [0.05, 0.1) is 16.6 Å². The van der Waals surface area contributed by atoms with Crippen LogP contribution in [0.25, 0.3) is 44.5 Å². The van der Waals surface area contributed by atoms with Crippen LogP contribution in [-0.4, -0.2) is 15.0 Å². The van der Waals surface area contributed by atoms with Gasteiger partial charge in [0.15, 0.2) is 0 Å². The fourth-order valence-corrected chi connectivity index (χ4v) is 3.23. The first-order chi connectivity index (χ1) is 12.8. The number of benzene rings is 1. The van der Waals surface area contributed by atoms with Gasteiger partial charge in [-0.1, -0.05) is 30.3 Å². The van der Waals surface area contributed by atoms with Crippen LogP contribution in [0.1, 0.15) is 5.56 Å². The quantitative estimate of drug-likeness (QED) is 0.432. The zero-order chi connectivity index (χ0) is 17.5. The molecule has 0 N–H and O–H groups in total. The fourth-order valence-electron chi connectivity index (χ4n) is 3.23. The Hall–Kier alpha value is -3.53. The fraction of sp³-hybridized carbons (Fsp3) is 0.0455. The highest BCUT2D eigenvalue weighted by molar-refractivity contribution is 6.08. The molecule has 1 aromatic carbocycles. The molecule has 26 heavy (non-hydrogen) atoms. The predicted octanol–water partition coefficient (Wildman–Crippen LogP) is 5.41. The Morgan fingerprint density at radius 3 is 2.54 bits per heavy atom. The van der Waals surface area contributed by atoms with Crippen LogP contribution in [0.4, 0.5) is 0 Å². The number of aryl methyl sites for hydroxylation is 1. The minimum Gasteiger partial charge on any atom is -0.437 e. The second kappa shape index (κ2) is 5.77. The molecule has 0 aliphatic rings. The van der Waals surface area contributed by atoms with Crippen LogP contribution >= 0.6 is 0 Å². The molecular weight excluding hydrogens is 322 g/mol. The van der Waals surface area contributed by atoms with Gasteiger partial charge in [-0.05, 0) is 36.2 Å². The van der Waals surface area contributed by atoms with Crippen molar-refractivity contribution in [3.05, 3.63) is 78.9 Å². The molecule has 0 saturated heterocycles. The van der Waals surface area contributed by atoms with Gasteiger partial charge >= 0.3 is 0 Å². The lowest BCUT2D eigenvalue weighted by Gasteiger charge is -2.02. The molecule has 0 bridgehead atoms. The van der Waals surface area contributed by atoms with Crippen LogP contribution in [0.15, 0.2) is 77.7 Å². The van der Waals surface area contributed by atoms with Gasteiger partial charge in [0, 0.05) is 35.7 Å². The third-order valence-corrected chi connectivity index (χ3v) is 4.54. The third-order valence-electron chi connectivity index (χ3n) is 4.54. The Balaban J connectivity index is 1.76. The van der Waals surface area contributed by atoms with E-state index in [9.17, 15) is 0 Å². The van der Waals surface area contributed by atoms with Gasteiger partial charge in [0.1, 0.15) is 5.58 Å². The van der Waals surface area contributed by atoms with Crippen molar-refractivity contribution in [2.24, 2.45) is 0 Å². The lowest BCUT2D eigenvalue weighted by molar-refractivity contribution is 0.654. The molecule has 0 atom stereocenters. The van der Waals surface area contributed by atoms with Crippen molar-refractivity contribution in [2.75, 3.05) is 0 Å². The molecule has 0 radical (unpaired) electrons.